The molecule has 2 aromatic rings. The third-order valence-corrected chi connectivity index (χ3v) is 5.33. The van der Waals surface area contributed by atoms with Crippen molar-refractivity contribution in [3.63, 3.8) is 0 Å². The Kier molecular flexibility index (Phi) is 5.30. The van der Waals surface area contributed by atoms with E-state index in [0.29, 0.717) is 11.8 Å². The largest absolute Gasteiger partial charge is 0.299 e. The zero-order valence-corrected chi connectivity index (χ0v) is 14.2. The maximum Gasteiger partial charge on any atom is 0.142 e. The number of aldehydes is 1. The van der Waals surface area contributed by atoms with Gasteiger partial charge in [-0.25, -0.2) is 4.39 Å². The zero-order valence-electron chi connectivity index (χ0n) is 13.4. The van der Waals surface area contributed by atoms with Crippen LogP contribution in [0.4, 0.5) is 4.39 Å². The number of thiophene rings is 1. The first-order valence-corrected chi connectivity index (χ1v) is 8.31. The predicted molar refractivity (Wildman–Crippen MR) is 93.0 cm³/mol. The summed E-state index contributed by atoms with van der Waals surface area (Å²) in [4.78, 5) is 13.3. The summed E-state index contributed by atoms with van der Waals surface area (Å²) < 4.78 is 13.2. The molecule has 1 aromatic carbocycles. The van der Waals surface area contributed by atoms with Crippen molar-refractivity contribution in [3.05, 3.63) is 51.5 Å². The second kappa shape index (κ2) is 7.01. The first-order valence-electron chi connectivity index (χ1n) is 7.50. The molecule has 0 bridgehead atoms. The van der Waals surface area contributed by atoms with Crippen LogP contribution in [0.1, 0.15) is 54.8 Å². The molecule has 22 heavy (non-hydrogen) atoms. The van der Waals surface area contributed by atoms with Crippen molar-refractivity contribution in [1.82, 2.24) is 0 Å². The minimum atomic E-state index is -0.237. The van der Waals surface area contributed by atoms with Gasteiger partial charge in [0.15, 0.2) is 0 Å². The standard InChI is InChI=1S/C19H21FOS/c1-12(2)18-16(6-5-11-21)17(19(22-18)13(3)4)14-7-9-15(20)10-8-14/h5-13H,1-4H3/b6-5+. The van der Waals surface area contributed by atoms with Crippen LogP contribution in [0.5, 0.6) is 0 Å². The molecule has 0 amide bonds. The summed E-state index contributed by atoms with van der Waals surface area (Å²) in [5.74, 6) is 0.517. The van der Waals surface area contributed by atoms with Crippen LogP contribution in [-0.2, 0) is 4.79 Å². The summed E-state index contributed by atoms with van der Waals surface area (Å²) in [7, 11) is 0. The van der Waals surface area contributed by atoms with E-state index in [1.54, 1.807) is 11.3 Å². The van der Waals surface area contributed by atoms with Crippen molar-refractivity contribution >= 4 is 23.7 Å². The molecule has 1 aromatic heterocycles. The van der Waals surface area contributed by atoms with E-state index in [2.05, 4.69) is 27.7 Å². The Labute approximate surface area is 135 Å². The molecule has 0 atom stereocenters. The molecule has 0 unspecified atom stereocenters. The van der Waals surface area contributed by atoms with Gasteiger partial charge in [-0.3, -0.25) is 4.79 Å². The smallest absolute Gasteiger partial charge is 0.142 e. The van der Waals surface area contributed by atoms with Crippen molar-refractivity contribution in [2.75, 3.05) is 0 Å². The Morgan fingerprint density at radius 2 is 1.59 bits per heavy atom. The van der Waals surface area contributed by atoms with Crippen LogP contribution in [0.2, 0.25) is 0 Å². The van der Waals surface area contributed by atoms with E-state index in [9.17, 15) is 9.18 Å². The lowest BCUT2D eigenvalue weighted by molar-refractivity contribution is -0.104. The van der Waals surface area contributed by atoms with E-state index in [1.165, 1.54) is 28.0 Å². The highest BCUT2D eigenvalue weighted by Crippen LogP contribution is 2.44. The Hall–Kier alpha value is -1.74. The first kappa shape index (κ1) is 16.6. The van der Waals surface area contributed by atoms with Gasteiger partial charge in [0.05, 0.1) is 0 Å². The molecule has 0 aliphatic rings. The van der Waals surface area contributed by atoms with E-state index < -0.39 is 0 Å². The van der Waals surface area contributed by atoms with Crippen molar-refractivity contribution in [3.8, 4) is 11.1 Å². The number of halogens is 1. The molecule has 0 saturated heterocycles. The maximum atomic E-state index is 13.2. The van der Waals surface area contributed by atoms with Crippen molar-refractivity contribution in [2.24, 2.45) is 0 Å². The highest BCUT2D eigenvalue weighted by atomic mass is 32.1. The van der Waals surface area contributed by atoms with Crippen LogP contribution < -0.4 is 0 Å². The number of benzene rings is 1. The SMILES string of the molecule is CC(C)c1sc(C(C)C)c(-c2ccc(F)cc2)c1/C=C/C=O. The van der Waals surface area contributed by atoms with Gasteiger partial charge in [0.2, 0.25) is 0 Å². The predicted octanol–water partition coefficient (Wildman–Crippen LogP) is 6.01. The quantitative estimate of drug-likeness (QED) is 0.487. The van der Waals surface area contributed by atoms with Crippen molar-refractivity contribution in [1.29, 1.82) is 0 Å². The topological polar surface area (TPSA) is 17.1 Å². The minimum Gasteiger partial charge on any atom is -0.299 e. The number of allylic oxidation sites excluding steroid dienone is 1. The summed E-state index contributed by atoms with van der Waals surface area (Å²) in [6.07, 6.45) is 4.21. The minimum absolute atomic E-state index is 0.237. The van der Waals surface area contributed by atoms with Gasteiger partial charge < -0.3 is 0 Å². The van der Waals surface area contributed by atoms with Gasteiger partial charge in [-0.2, -0.15) is 0 Å². The monoisotopic (exact) mass is 316 g/mol. The van der Waals surface area contributed by atoms with Crippen LogP contribution in [0, 0.1) is 5.82 Å². The molecule has 0 saturated carbocycles. The summed E-state index contributed by atoms with van der Waals surface area (Å²) in [6, 6.07) is 6.59. The van der Waals surface area contributed by atoms with Gasteiger partial charge >= 0.3 is 0 Å². The number of hydrogen-bond donors (Lipinski definition) is 0. The molecule has 116 valence electrons. The van der Waals surface area contributed by atoms with E-state index >= 15 is 0 Å². The fourth-order valence-corrected chi connectivity index (χ4v) is 3.85. The molecule has 1 nitrogen and oxygen atoms in total. The average molecular weight is 316 g/mol. The molecule has 3 heteroatoms. The van der Waals surface area contributed by atoms with Gasteiger partial charge in [-0.1, -0.05) is 39.8 Å². The lowest BCUT2D eigenvalue weighted by atomic mass is 9.94. The van der Waals surface area contributed by atoms with Crippen LogP contribution in [0.25, 0.3) is 17.2 Å². The molecule has 2 rings (SSSR count). The van der Waals surface area contributed by atoms with E-state index in [-0.39, 0.29) is 5.82 Å². The molecular formula is C19H21FOS. The van der Waals surface area contributed by atoms with Gasteiger partial charge in [-0.05, 0) is 47.2 Å². The summed E-state index contributed by atoms with van der Waals surface area (Å²) in [5.41, 5.74) is 3.21. The summed E-state index contributed by atoms with van der Waals surface area (Å²) >= 11 is 1.79. The van der Waals surface area contributed by atoms with Crippen molar-refractivity contribution < 1.29 is 9.18 Å². The first-order chi connectivity index (χ1) is 10.5. The maximum absolute atomic E-state index is 13.2. The van der Waals surface area contributed by atoms with Gasteiger partial charge in [0.25, 0.3) is 0 Å². The lowest BCUT2D eigenvalue weighted by Crippen LogP contribution is -1.90. The number of carbonyl (C=O) groups excluding carboxylic acids is 1. The normalized spacial score (nSPS) is 11.8. The van der Waals surface area contributed by atoms with E-state index in [1.807, 2.05) is 18.2 Å². The van der Waals surface area contributed by atoms with Crippen LogP contribution >= 0.6 is 11.3 Å². The van der Waals surface area contributed by atoms with Crippen LogP contribution in [0.3, 0.4) is 0 Å². The Morgan fingerprint density at radius 1 is 1.00 bits per heavy atom. The van der Waals surface area contributed by atoms with E-state index in [4.69, 9.17) is 0 Å². The van der Waals surface area contributed by atoms with Crippen LogP contribution in [0.15, 0.2) is 30.3 Å². The highest BCUT2D eigenvalue weighted by molar-refractivity contribution is 7.13. The highest BCUT2D eigenvalue weighted by Gasteiger charge is 2.21. The molecule has 0 aliphatic carbocycles. The molecule has 0 N–H and O–H groups in total. The molecule has 0 aliphatic heterocycles. The molecule has 1 heterocycles. The summed E-state index contributed by atoms with van der Waals surface area (Å²) in [6.45, 7) is 8.64. The molecule has 0 fully saturated rings. The third kappa shape index (κ3) is 3.36. The lowest BCUT2D eigenvalue weighted by Gasteiger charge is -2.09. The van der Waals surface area contributed by atoms with Gasteiger partial charge in [0.1, 0.15) is 12.1 Å². The Bertz CT molecular complexity index is 678. The van der Waals surface area contributed by atoms with Crippen molar-refractivity contribution in [2.45, 2.75) is 39.5 Å². The number of rotatable bonds is 5. The second-order valence-corrected chi connectivity index (χ2v) is 7.01. The van der Waals surface area contributed by atoms with Gasteiger partial charge in [0, 0.05) is 15.3 Å². The number of hydrogen-bond acceptors (Lipinski definition) is 2. The zero-order chi connectivity index (χ0) is 16.3. The number of carbonyl (C=O) groups is 1. The average Bonchev–Trinajstić information content (AvgIpc) is 2.85. The van der Waals surface area contributed by atoms with Gasteiger partial charge in [-0.15, -0.1) is 11.3 Å². The third-order valence-electron chi connectivity index (χ3n) is 3.52. The fraction of sp³-hybridized carbons (Fsp3) is 0.316. The second-order valence-electron chi connectivity index (χ2n) is 5.93. The molecule has 0 spiro atoms. The fourth-order valence-electron chi connectivity index (χ4n) is 2.53. The Morgan fingerprint density at radius 3 is 2.09 bits per heavy atom. The summed E-state index contributed by atoms with van der Waals surface area (Å²) in [5, 5.41) is 0. The molecule has 0 radical (unpaired) electrons. The molecular weight excluding hydrogens is 295 g/mol. The van der Waals surface area contributed by atoms with Crippen LogP contribution in [-0.4, -0.2) is 6.29 Å². The van der Waals surface area contributed by atoms with E-state index in [0.717, 1.165) is 23.0 Å². The Balaban J connectivity index is 2.74.